The van der Waals surface area contributed by atoms with Gasteiger partial charge >= 0.3 is 0 Å². The maximum Gasteiger partial charge on any atom is 0.215 e. The van der Waals surface area contributed by atoms with Crippen LogP contribution in [-0.2, 0) is 8.98 Å². The highest BCUT2D eigenvalue weighted by molar-refractivity contribution is 8.09. The highest BCUT2D eigenvalue weighted by Crippen LogP contribution is 2.30. The molecule has 4 heteroatoms. The van der Waals surface area contributed by atoms with Crippen molar-refractivity contribution in [2.45, 2.75) is 162 Å². The number of hydrogen-bond donors (Lipinski definition) is 0. The first-order chi connectivity index (χ1) is 20.9. The van der Waals surface area contributed by atoms with Gasteiger partial charge in [-0.25, -0.2) is 0 Å². The van der Waals surface area contributed by atoms with Crippen LogP contribution < -0.4 is 0 Å². The number of carbonyl (C=O) groups is 1. The molecule has 3 nitrogen and oxygen atoms in total. The van der Waals surface area contributed by atoms with Crippen molar-refractivity contribution in [3.63, 3.8) is 0 Å². The Balaban J connectivity index is 5.36. The fourth-order valence-electron chi connectivity index (χ4n) is 4.93. The second-order valence-corrected chi connectivity index (χ2v) is 13.1. The lowest BCUT2D eigenvalue weighted by atomic mass is 9.88. The Morgan fingerprint density at radius 1 is 0.674 bits per heavy atom. The van der Waals surface area contributed by atoms with E-state index in [1.807, 2.05) is 19.0 Å². The third-order valence-corrected chi connectivity index (χ3v) is 8.46. The molecule has 0 aromatic carbocycles. The summed E-state index contributed by atoms with van der Waals surface area (Å²) in [7, 11) is 4.04. The van der Waals surface area contributed by atoms with Crippen molar-refractivity contribution in [1.82, 2.24) is 4.90 Å². The molecule has 0 aromatic heterocycles. The smallest absolute Gasteiger partial charge is 0.215 e. The molecule has 0 spiro atoms. The molecule has 0 aliphatic heterocycles. The van der Waals surface area contributed by atoms with Crippen molar-refractivity contribution in [3.8, 4) is 0 Å². The van der Waals surface area contributed by atoms with Crippen LogP contribution in [0.2, 0.25) is 0 Å². The van der Waals surface area contributed by atoms with E-state index in [9.17, 15) is 4.79 Å². The van der Waals surface area contributed by atoms with E-state index in [-0.39, 0.29) is 11.2 Å². The summed E-state index contributed by atoms with van der Waals surface area (Å²) in [5, 5.41) is 0.152. The lowest BCUT2D eigenvalue weighted by Gasteiger charge is -2.26. The molecule has 0 bridgehead atoms. The molecular weight excluding hydrogens is 547 g/mol. The van der Waals surface area contributed by atoms with E-state index in [0.717, 1.165) is 69.8 Å². The first-order valence-corrected chi connectivity index (χ1v) is 18.5. The number of carbonyl (C=O) groups excluding carboxylic acids is 1. The Bertz CT molecular complexity index is 780. The quantitative estimate of drug-likeness (QED) is 0.0362. The van der Waals surface area contributed by atoms with E-state index in [4.69, 9.17) is 4.18 Å². The van der Waals surface area contributed by atoms with Gasteiger partial charge in [-0.1, -0.05) is 113 Å². The van der Waals surface area contributed by atoms with E-state index < -0.39 is 0 Å². The first kappa shape index (κ1) is 41.5. The zero-order chi connectivity index (χ0) is 31.8. The molecule has 43 heavy (non-hydrogen) atoms. The number of allylic oxidation sites excluding steroid dienone is 9. The van der Waals surface area contributed by atoms with Gasteiger partial charge in [-0.05, 0) is 103 Å². The summed E-state index contributed by atoms with van der Waals surface area (Å²) in [5.41, 5.74) is 1.50. The third kappa shape index (κ3) is 29.0. The van der Waals surface area contributed by atoms with Gasteiger partial charge in [0.2, 0.25) is 5.12 Å². The monoisotopic (exact) mass is 616 g/mol. The van der Waals surface area contributed by atoms with Gasteiger partial charge in [0.1, 0.15) is 0 Å². The van der Waals surface area contributed by atoms with Crippen molar-refractivity contribution < 1.29 is 8.98 Å². The summed E-state index contributed by atoms with van der Waals surface area (Å²) in [6.07, 6.45) is 42.8. The largest absolute Gasteiger partial charge is 0.384 e. The minimum atomic E-state index is 0.0812. The van der Waals surface area contributed by atoms with E-state index in [1.165, 1.54) is 69.8 Å². The van der Waals surface area contributed by atoms with Crippen LogP contribution in [0, 0.1) is 5.92 Å². The average Bonchev–Trinajstić information content (AvgIpc) is 2.99. The van der Waals surface area contributed by atoms with Crippen LogP contribution in [-0.4, -0.2) is 30.2 Å². The molecule has 2 atom stereocenters. The van der Waals surface area contributed by atoms with Gasteiger partial charge in [0.15, 0.2) is 0 Å². The number of nitrogens with zero attached hydrogens (tertiary/aromatic N) is 1. The zero-order valence-electron chi connectivity index (χ0n) is 29.2. The fraction of sp³-hybridized carbons (Fsp3) is 0.718. The Hall–Kier alpha value is -1.52. The molecule has 0 aromatic rings. The van der Waals surface area contributed by atoms with Gasteiger partial charge in [-0.3, -0.25) is 4.79 Å². The van der Waals surface area contributed by atoms with E-state index in [1.54, 1.807) is 0 Å². The van der Waals surface area contributed by atoms with Crippen LogP contribution in [0.4, 0.5) is 0 Å². The van der Waals surface area contributed by atoms with Crippen molar-refractivity contribution in [3.05, 3.63) is 60.4 Å². The molecule has 0 N–H and O–H groups in total. The minimum absolute atomic E-state index is 0.0812. The molecule has 0 amide bonds. The molecule has 2 unspecified atom stereocenters. The van der Waals surface area contributed by atoms with Crippen LogP contribution in [0.15, 0.2) is 60.4 Å². The Kier molecular flexibility index (Phi) is 30.8. The summed E-state index contributed by atoms with van der Waals surface area (Å²) in [4.78, 5) is 14.8. The van der Waals surface area contributed by atoms with Crippen LogP contribution in [0.5, 0.6) is 0 Å². The minimum Gasteiger partial charge on any atom is -0.384 e. The van der Waals surface area contributed by atoms with Crippen LogP contribution in [0.1, 0.15) is 156 Å². The van der Waals surface area contributed by atoms with Gasteiger partial charge in [-0.15, -0.1) is 0 Å². The molecule has 0 radical (unpaired) electrons. The standard InChI is InChI=1S/C39H69NO2S/c1-7-10-13-16-18-20-22-26-31-38(42-43-39(41)32-27-23-28-35-40(5)6)37(30-25-21-19-17-14-11-8-2)34-33-36(4)29-24-15-12-9-3/h16,18-22,28-29,35,37-38H,7-15,17,23-27,30-34H2,1-6H3/b18-16+,21-19-,22-20-,35-28+,36-29-. The number of hydrogen-bond acceptors (Lipinski definition) is 4. The Morgan fingerprint density at radius 2 is 1.28 bits per heavy atom. The highest BCUT2D eigenvalue weighted by Gasteiger charge is 2.23. The van der Waals surface area contributed by atoms with Gasteiger partial charge in [0.05, 0.1) is 18.1 Å². The molecule has 0 saturated heterocycles. The molecular formula is C39H69NO2S. The lowest BCUT2D eigenvalue weighted by molar-refractivity contribution is -0.111. The van der Waals surface area contributed by atoms with Gasteiger partial charge in [-0.2, -0.15) is 0 Å². The Morgan fingerprint density at radius 3 is 1.98 bits per heavy atom. The molecule has 0 aliphatic carbocycles. The Labute approximate surface area is 273 Å². The van der Waals surface area contributed by atoms with Crippen LogP contribution in [0.25, 0.3) is 0 Å². The summed E-state index contributed by atoms with van der Waals surface area (Å²) < 4.78 is 6.42. The van der Waals surface area contributed by atoms with Crippen LogP contribution >= 0.6 is 12.0 Å². The highest BCUT2D eigenvalue weighted by atomic mass is 32.2. The van der Waals surface area contributed by atoms with E-state index in [0.29, 0.717) is 12.3 Å². The lowest BCUT2D eigenvalue weighted by Crippen LogP contribution is -2.23. The zero-order valence-corrected chi connectivity index (χ0v) is 30.0. The molecule has 0 rings (SSSR count). The molecule has 0 aliphatic rings. The summed E-state index contributed by atoms with van der Waals surface area (Å²) in [6.45, 7) is 9.06. The third-order valence-electron chi connectivity index (χ3n) is 7.73. The molecule has 0 fully saturated rings. The number of rotatable bonds is 29. The van der Waals surface area contributed by atoms with Gasteiger partial charge in [0, 0.05) is 20.5 Å². The van der Waals surface area contributed by atoms with Gasteiger partial charge < -0.3 is 9.08 Å². The normalized spacial score (nSPS) is 14.1. The predicted molar refractivity (Wildman–Crippen MR) is 194 cm³/mol. The summed E-state index contributed by atoms with van der Waals surface area (Å²) in [5.74, 6) is 0.441. The first-order valence-electron chi connectivity index (χ1n) is 17.8. The fourth-order valence-corrected chi connectivity index (χ4v) is 5.65. The molecule has 0 saturated carbocycles. The number of unbranched alkanes of at least 4 members (excludes halogenated alkanes) is 9. The van der Waals surface area contributed by atoms with E-state index >= 15 is 0 Å². The predicted octanol–water partition coefficient (Wildman–Crippen LogP) is 12.7. The molecule has 0 heterocycles. The van der Waals surface area contributed by atoms with Crippen LogP contribution in [0.3, 0.4) is 0 Å². The topological polar surface area (TPSA) is 29.5 Å². The van der Waals surface area contributed by atoms with Crippen molar-refractivity contribution in [2.24, 2.45) is 5.92 Å². The van der Waals surface area contributed by atoms with Gasteiger partial charge in [0.25, 0.3) is 0 Å². The molecule has 248 valence electrons. The second-order valence-electron chi connectivity index (χ2n) is 12.3. The summed E-state index contributed by atoms with van der Waals surface area (Å²) >= 11 is 1.12. The van der Waals surface area contributed by atoms with Crippen molar-refractivity contribution in [1.29, 1.82) is 0 Å². The maximum atomic E-state index is 12.8. The maximum absolute atomic E-state index is 12.8. The van der Waals surface area contributed by atoms with Crippen molar-refractivity contribution >= 4 is 17.2 Å². The second kappa shape index (κ2) is 31.9. The average molecular weight is 616 g/mol. The van der Waals surface area contributed by atoms with Crippen molar-refractivity contribution in [2.75, 3.05) is 14.1 Å². The van der Waals surface area contributed by atoms with E-state index in [2.05, 4.69) is 82.5 Å². The summed E-state index contributed by atoms with van der Waals surface area (Å²) in [6, 6.07) is 0. The SMILES string of the molecule is CCCC/C=C/C=C\CCC(OSC(=O)CCC/C=C/N(C)C)C(CC/C=C\CCCCC)CC/C(C)=C\CCCCC.